The van der Waals surface area contributed by atoms with Gasteiger partial charge in [0.25, 0.3) is 5.91 Å². The Morgan fingerprint density at radius 1 is 1.12 bits per heavy atom. The molecule has 0 radical (unpaired) electrons. The third kappa shape index (κ3) is 3.88. The standard InChI is InChI=1S/C18H16F2N4O/c1-11-3-2-4-16(24-11)21-7-8-22-18(25)12-9-13-14(19)5-6-15(20)17(13)23-10-12/h2-6,9-10H,7-8H2,1H3,(H,21,24)(H,22,25). The molecule has 2 aromatic heterocycles. The second-order valence-electron chi connectivity index (χ2n) is 5.50. The van der Waals surface area contributed by atoms with Gasteiger partial charge in [-0.25, -0.2) is 13.8 Å². The molecule has 0 atom stereocenters. The number of hydrogen-bond acceptors (Lipinski definition) is 4. The first kappa shape index (κ1) is 16.8. The Labute approximate surface area is 143 Å². The number of hydrogen-bond donors (Lipinski definition) is 2. The van der Waals surface area contributed by atoms with Crippen molar-refractivity contribution in [2.75, 3.05) is 18.4 Å². The topological polar surface area (TPSA) is 66.9 Å². The second-order valence-corrected chi connectivity index (χ2v) is 5.50. The fourth-order valence-electron chi connectivity index (χ4n) is 2.39. The summed E-state index contributed by atoms with van der Waals surface area (Å²) < 4.78 is 27.4. The molecule has 2 heterocycles. The van der Waals surface area contributed by atoms with Gasteiger partial charge in [0.1, 0.15) is 23.0 Å². The minimum atomic E-state index is -0.627. The minimum Gasteiger partial charge on any atom is -0.368 e. The number of pyridine rings is 2. The molecule has 0 saturated carbocycles. The molecule has 0 spiro atoms. The van der Waals surface area contributed by atoms with E-state index in [0.717, 1.165) is 23.6 Å². The van der Waals surface area contributed by atoms with E-state index < -0.39 is 17.5 Å². The van der Waals surface area contributed by atoms with E-state index in [1.807, 2.05) is 25.1 Å². The van der Waals surface area contributed by atoms with Gasteiger partial charge in [-0.15, -0.1) is 0 Å². The SMILES string of the molecule is Cc1cccc(NCCNC(=O)c2cnc3c(F)ccc(F)c3c2)n1. The summed E-state index contributed by atoms with van der Waals surface area (Å²) in [5.41, 5.74) is 0.972. The highest BCUT2D eigenvalue weighted by molar-refractivity contribution is 5.97. The predicted molar refractivity (Wildman–Crippen MR) is 91.5 cm³/mol. The van der Waals surface area contributed by atoms with Crippen molar-refractivity contribution >= 4 is 22.6 Å². The number of rotatable bonds is 5. The van der Waals surface area contributed by atoms with Gasteiger partial charge in [0, 0.05) is 30.4 Å². The third-order valence-corrected chi connectivity index (χ3v) is 3.61. The number of carbonyl (C=O) groups is 1. The molecule has 128 valence electrons. The summed E-state index contributed by atoms with van der Waals surface area (Å²) in [5.74, 6) is -0.930. The average molecular weight is 342 g/mol. The summed E-state index contributed by atoms with van der Waals surface area (Å²) in [6.07, 6.45) is 1.23. The second kappa shape index (κ2) is 7.21. The average Bonchev–Trinajstić information content (AvgIpc) is 2.61. The molecule has 1 amide bonds. The molecule has 0 aliphatic carbocycles. The maximum atomic E-state index is 13.8. The predicted octanol–water partition coefficient (Wildman–Crippen LogP) is 3.06. The largest absolute Gasteiger partial charge is 0.368 e. The first-order chi connectivity index (χ1) is 12.0. The first-order valence-corrected chi connectivity index (χ1v) is 7.74. The van der Waals surface area contributed by atoms with Gasteiger partial charge in [-0.05, 0) is 37.3 Å². The zero-order valence-electron chi connectivity index (χ0n) is 13.5. The molecule has 25 heavy (non-hydrogen) atoms. The molecular weight excluding hydrogens is 326 g/mol. The Balaban J connectivity index is 1.61. The highest BCUT2D eigenvalue weighted by Gasteiger charge is 2.12. The van der Waals surface area contributed by atoms with Crippen LogP contribution in [0.3, 0.4) is 0 Å². The maximum absolute atomic E-state index is 13.8. The van der Waals surface area contributed by atoms with Gasteiger partial charge < -0.3 is 10.6 Å². The number of nitrogens with zero attached hydrogens (tertiary/aromatic N) is 2. The minimum absolute atomic E-state index is 0.0188. The maximum Gasteiger partial charge on any atom is 0.252 e. The van der Waals surface area contributed by atoms with Gasteiger partial charge in [-0.2, -0.15) is 0 Å². The lowest BCUT2D eigenvalue weighted by Gasteiger charge is -2.08. The van der Waals surface area contributed by atoms with E-state index >= 15 is 0 Å². The van der Waals surface area contributed by atoms with Crippen molar-refractivity contribution in [3.05, 3.63) is 65.5 Å². The van der Waals surface area contributed by atoms with E-state index in [4.69, 9.17) is 0 Å². The number of aromatic nitrogens is 2. The van der Waals surface area contributed by atoms with E-state index in [9.17, 15) is 13.6 Å². The van der Waals surface area contributed by atoms with E-state index in [1.165, 1.54) is 12.3 Å². The van der Waals surface area contributed by atoms with Crippen molar-refractivity contribution < 1.29 is 13.6 Å². The van der Waals surface area contributed by atoms with Gasteiger partial charge in [0.15, 0.2) is 0 Å². The van der Waals surface area contributed by atoms with Gasteiger partial charge >= 0.3 is 0 Å². The molecule has 5 nitrogen and oxygen atoms in total. The Morgan fingerprint density at radius 2 is 1.92 bits per heavy atom. The van der Waals surface area contributed by atoms with Crippen molar-refractivity contribution in [3.8, 4) is 0 Å². The Bertz CT molecular complexity index is 930. The van der Waals surface area contributed by atoms with E-state index in [0.29, 0.717) is 13.1 Å². The van der Waals surface area contributed by atoms with E-state index in [-0.39, 0.29) is 16.5 Å². The molecule has 3 rings (SSSR count). The summed E-state index contributed by atoms with van der Waals surface area (Å²) in [6, 6.07) is 8.93. The van der Waals surface area contributed by atoms with Crippen LogP contribution in [0.5, 0.6) is 0 Å². The lowest BCUT2D eigenvalue weighted by molar-refractivity contribution is 0.0955. The molecule has 0 fully saturated rings. The first-order valence-electron chi connectivity index (χ1n) is 7.74. The Kier molecular flexibility index (Phi) is 4.83. The van der Waals surface area contributed by atoms with Crippen LogP contribution in [-0.2, 0) is 0 Å². The van der Waals surface area contributed by atoms with E-state index in [1.54, 1.807) is 0 Å². The quantitative estimate of drug-likeness (QED) is 0.700. The summed E-state index contributed by atoms with van der Waals surface area (Å²) in [6.45, 7) is 2.71. The molecule has 1 aromatic carbocycles. The van der Waals surface area contributed by atoms with Crippen molar-refractivity contribution in [3.63, 3.8) is 0 Å². The molecule has 0 aliphatic rings. The fourth-order valence-corrected chi connectivity index (χ4v) is 2.39. The molecule has 0 bridgehead atoms. The molecule has 0 aliphatic heterocycles. The van der Waals surface area contributed by atoms with Crippen LogP contribution in [0.4, 0.5) is 14.6 Å². The van der Waals surface area contributed by atoms with Crippen molar-refractivity contribution in [1.82, 2.24) is 15.3 Å². The number of fused-ring (bicyclic) bond motifs is 1. The Morgan fingerprint density at radius 3 is 2.72 bits per heavy atom. The number of benzene rings is 1. The highest BCUT2D eigenvalue weighted by Crippen LogP contribution is 2.20. The number of halogens is 2. The third-order valence-electron chi connectivity index (χ3n) is 3.61. The summed E-state index contributed by atoms with van der Waals surface area (Å²) in [7, 11) is 0. The van der Waals surface area contributed by atoms with Crippen LogP contribution in [-0.4, -0.2) is 29.0 Å². The van der Waals surface area contributed by atoms with Crippen LogP contribution in [0.25, 0.3) is 10.9 Å². The van der Waals surface area contributed by atoms with Crippen LogP contribution < -0.4 is 10.6 Å². The molecule has 7 heteroatoms. The van der Waals surface area contributed by atoms with Gasteiger partial charge in [0.2, 0.25) is 0 Å². The zero-order chi connectivity index (χ0) is 17.8. The lowest BCUT2D eigenvalue weighted by Crippen LogP contribution is -2.29. The molecular formula is C18H16F2N4O. The van der Waals surface area contributed by atoms with E-state index in [2.05, 4.69) is 20.6 Å². The number of aryl methyl sites for hydroxylation is 1. The molecule has 0 unspecified atom stereocenters. The number of anilines is 1. The van der Waals surface area contributed by atoms with Crippen LogP contribution >= 0.6 is 0 Å². The van der Waals surface area contributed by atoms with Gasteiger partial charge in [0.05, 0.1) is 5.56 Å². The van der Waals surface area contributed by atoms with Gasteiger partial charge in [-0.3, -0.25) is 9.78 Å². The van der Waals surface area contributed by atoms with Crippen molar-refractivity contribution in [2.45, 2.75) is 6.92 Å². The number of amides is 1. The van der Waals surface area contributed by atoms with Crippen molar-refractivity contribution in [1.29, 1.82) is 0 Å². The normalized spacial score (nSPS) is 10.7. The van der Waals surface area contributed by atoms with Gasteiger partial charge in [-0.1, -0.05) is 6.07 Å². The smallest absolute Gasteiger partial charge is 0.252 e. The lowest BCUT2D eigenvalue weighted by atomic mass is 10.1. The zero-order valence-corrected chi connectivity index (χ0v) is 13.5. The van der Waals surface area contributed by atoms with Crippen LogP contribution in [0, 0.1) is 18.6 Å². The number of nitrogens with one attached hydrogen (secondary N) is 2. The fraction of sp³-hybridized carbons (Fsp3) is 0.167. The van der Waals surface area contributed by atoms with Crippen LogP contribution in [0.1, 0.15) is 16.1 Å². The van der Waals surface area contributed by atoms with Crippen LogP contribution in [0.2, 0.25) is 0 Å². The summed E-state index contributed by atoms with van der Waals surface area (Å²) >= 11 is 0. The summed E-state index contributed by atoms with van der Waals surface area (Å²) in [5, 5.41) is 5.77. The monoisotopic (exact) mass is 342 g/mol. The Hall–Kier alpha value is -3.09. The molecule has 2 N–H and O–H groups in total. The van der Waals surface area contributed by atoms with Crippen LogP contribution in [0.15, 0.2) is 42.6 Å². The highest BCUT2D eigenvalue weighted by atomic mass is 19.1. The van der Waals surface area contributed by atoms with Crippen molar-refractivity contribution in [2.24, 2.45) is 0 Å². The molecule has 3 aromatic rings. The molecule has 0 saturated heterocycles. The number of carbonyl (C=O) groups excluding carboxylic acids is 1. The summed E-state index contributed by atoms with van der Waals surface area (Å²) in [4.78, 5) is 20.3.